The van der Waals surface area contributed by atoms with Crippen LogP contribution in [-0.4, -0.2) is 17.5 Å². The van der Waals surface area contributed by atoms with E-state index in [1.165, 1.54) is 6.07 Å². The Morgan fingerprint density at radius 2 is 2.29 bits per heavy atom. The lowest BCUT2D eigenvalue weighted by Gasteiger charge is -2.10. The summed E-state index contributed by atoms with van der Waals surface area (Å²) in [5.41, 5.74) is 6.88. The summed E-state index contributed by atoms with van der Waals surface area (Å²) < 4.78 is 12.8. The molecule has 14 heavy (non-hydrogen) atoms. The molecule has 0 aromatic heterocycles. The highest BCUT2D eigenvalue weighted by Gasteiger charge is 2.04. The lowest BCUT2D eigenvalue weighted by molar-refractivity contribution is 0.623. The topological polar surface area (TPSA) is 26.0 Å². The van der Waals surface area contributed by atoms with E-state index in [2.05, 4.69) is 6.92 Å². The van der Waals surface area contributed by atoms with Crippen molar-refractivity contribution < 1.29 is 4.39 Å². The molecular weight excluding hydrogens is 197 g/mol. The van der Waals surface area contributed by atoms with Gasteiger partial charge in [-0.25, -0.2) is 4.39 Å². The van der Waals surface area contributed by atoms with E-state index in [4.69, 9.17) is 5.73 Å². The summed E-state index contributed by atoms with van der Waals surface area (Å²) in [7, 11) is 0. The Labute approximate surface area is 88.9 Å². The van der Waals surface area contributed by atoms with Crippen LogP contribution < -0.4 is 5.73 Å². The second kappa shape index (κ2) is 6.04. The lowest BCUT2D eigenvalue weighted by atomic mass is 10.1. The van der Waals surface area contributed by atoms with Gasteiger partial charge in [-0.3, -0.25) is 0 Å². The third-order valence-electron chi connectivity index (χ3n) is 1.92. The van der Waals surface area contributed by atoms with Crippen LogP contribution in [0.25, 0.3) is 0 Å². The Balaban J connectivity index is 2.43. The quantitative estimate of drug-likeness (QED) is 0.813. The predicted octanol–water partition coefficient (Wildman–Crippen LogP) is 2.45. The first-order valence-corrected chi connectivity index (χ1v) is 5.95. The van der Waals surface area contributed by atoms with Gasteiger partial charge in [-0.1, -0.05) is 19.1 Å². The van der Waals surface area contributed by atoms with Gasteiger partial charge in [0.05, 0.1) is 0 Å². The minimum absolute atomic E-state index is 0.127. The van der Waals surface area contributed by atoms with Gasteiger partial charge >= 0.3 is 0 Å². The summed E-state index contributed by atoms with van der Waals surface area (Å²) in [5, 5.41) is 0. The van der Waals surface area contributed by atoms with E-state index in [9.17, 15) is 4.39 Å². The van der Waals surface area contributed by atoms with Crippen LogP contribution in [0.5, 0.6) is 0 Å². The van der Waals surface area contributed by atoms with Crippen molar-refractivity contribution in [3.63, 3.8) is 0 Å². The van der Waals surface area contributed by atoms with Crippen LogP contribution in [0.1, 0.15) is 12.5 Å². The zero-order chi connectivity index (χ0) is 10.4. The highest BCUT2D eigenvalue weighted by molar-refractivity contribution is 7.99. The molecular formula is C11H16FNS. The van der Waals surface area contributed by atoms with Gasteiger partial charge in [0.25, 0.3) is 0 Å². The number of rotatable bonds is 5. The van der Waals surface area contributed by atoms with Gasteiger partial charge in [-0.2, -0.15) is 11.8 Å². The van der Waals surface area contributed by atoms with E-state index in [-0.39, 0.29) is 11.9 Å². The van der Waals surface area contributed by atoms with Crippen molar-refractivity contribution in [2.24, 2.45) is 5.73 Å². The lowest BCUT2D eigenvalue weighted by Crippen LogP contribution is -2.25. The molecule has 1 rings (SSSR count). The maximum absolute atomic E-state index is 12.8. The minimum atomic E-state index is -0.183. The average Bonchev–Trinajstić information content (AvgIpc) is 2.15. The molecule has 78 valence electrons. The van der Waals surface area contributed by atoms with E-state index in [1.807, 2.05) is 17.8 Å². The van der Waals surface area contributed by atoms with Gasteiger partial charge < -0.3 is 5.73 Å². The molecule has 1 aromatic carbocycles. The van der Waals surface area contributed by atoms with Crippen molar-refractivity contribution >= 4 is 11.8 Å². The summed E-state index contributed by atoms with van der Waals surface area (Å²) in [6.45, 7) is 2.11. The van der Waals surface area contributed by atoms with Gasteiger partial charge in [-0.15, -0.1) is 0 Å². The molecule has 0 saturated heterocycles. The largest absolute Gasteiger partial charge is 0.327 e. The first kappa shape index (κ1) is 11.5. The predicted molar refractivity (Wildman–Crippen MR) is 61.1 cm³/mol. The molecule has 0 amide bonds. The normalized spacial score (nSPS) is 12.8. The second-order valence-corrected chi connectivity index (χ2v) is 4.57. The Morgan fingerprint density at radius 3 is 2.93 bits per heavy atom. The summed E-state index contributed by atoms with van der Waals surface area (Å²) in [4.78, 5) is 0. The third-order valence-corrected chi connectivity index (χ3v) is 3.00. The summed E-state index contributed by atoms with van der Waals surface area (Å²) in [6.07, 6.45) is 0.755. The van der Waals surface area contributed by atoms with Crippen molar-refractivity contribution in [2.75, 3.05) is 11.5 Å². The Morgan fingerprint density at radius 1 is 1.50 bits per heavy atom. The van der Waals surface area contributed by atoms with E-state index < -0.39 is 0 Å². The monoisotopic (exact) mass is 213 g/mol. The van der Waals surface area contributed by atoms with Gasteiger partial charge in [0, 0.05) is 11.8 Å². The number of hydrogen-bond acceptors (Lipinski definition) is 2. The highest BCUT2D eigenvalue weighted by atomic mass is 32.2. The first-order valence-electron chi connectivity index (χ1n) is 4.80. The molecule has 1 unspecified atom stereocenters. The minimum Gasteiger partial charge on any atom is -0.327 e. The van der Waals surface area contributed by atoms with Crippen LogP contribution in [0.4, 0.5) is 4.39 Å². The number of nitrogens with two attached hydrogens (primary N) is 1. The fourth-order valence-corrected chi connectivity index (χ4v) is 1.95. The van der Waals surface area contributed by atoms with Gasteiger partial charge in [0.1, 0.15) is 5.82 Å². The Hall–Kier alpha value is -0.540. The van der Waals surface area contributed by atoms with Gasteiger partial charge in [-0.05, 0) is 29.9 Å². The molecule has 1 atom stereocenters. The van der Waals surface area contributed by atoms with Crippen molar-refractivity contribution in [3.8, 4) is 0 Å². The Kier molecular flexibility index (Phi) is 4.98. The van der Waals surface area contributed by atoms with Crippen LogP contribution in [-0.2, 0) is 6.42 Å². The molecule has 0 aliphatic rings. The molecule has 0 radical (unpaired) electrons. The van der Waals surface area contributed by atoms with Crippen molar-refractivity contribution in [1.82, 2.24) is 0 Å². The van der Waals surface area contributed by atoms with Crippen LogP contribution in [0.3, 0.4) is 0 Å². The van der Waals surface area contributed by atoms with Gasteiger partial charge in [0.2, 0.25) is 0 Å². The summed E-state index contributed by atoms with van der Waals surface area (Å²) >= 11 is 1.82. The maximum Gasteiger partial charge on any atom is 0.123 e. The highest BCUT2D eigenvalue weighted by Crippen LogP contribution is 2.08. The molecule has 1 aromatic rings. The van der Waals surface area contributed by atoms with Crippen molar-refractivity contribution in [1.29, 1.82) is 0 Å². The molecule has 3 heteroatoms. The molecule has 0 spiro atoms. The van der Waals surface area contributed by atoms with Gasteiger partial charge in [0.15, 0.2) is 0 Å². The Bertz CT molecular complexity index is 278. The van der Waals surface area contributed by atoms with E-state index >= 15 is 0 Å². The van der Waals surface area contributed by atoms with E-state index in [0.29, 0.717) is 0 Å². The second-order valence-electron chi connectivity index (χ2n) is 3.25. The first-order chi connectivity index (χ1) is 6.72. The number of thioether (sulfide) groups is 1. The molecule has 1 nitrogen and oxygen atoms in total. The number of halogens is 1. The smallest absolute Gasteiger partial charge is 0.123 e. The molecule has 0 aliphatic heterocycles. The van der Waals surface area contributed by atoms with Crippen molar-refractivity contribution in [2.45, 2.75) is 19.4 Å². The SMILES string of the molecule is CCSCC(N)Cc1cccc(F)c1. The molecule has 0 heterocycles. The molecule has 0 bridgehead atoms. The standard InChI is InChI=1S/C11H16FNS/c1-2-14-8-11(13)7-9-4-3-5-10(12)6-9/h3-6,11H,2,7-8,13H2,1H3. The van der Waals surface area contributed by atoms with Crippen LogP contribution in [0.2, 0.25) is 0 Å². The van der Waals surface area contributed by atoms with Crippen LogP contribution >= 0.6 is 11.8 Å². The van der Waals surface area contributed by atoms with E-state index in [0.717, 1.165) is 23.5 Å². The molecule has 2 N–H and O–H groups in total. The van der Waals surface area contributed by atoms with Crippen LogP contribution in [0, 0.1) is 5.82 Å². The third kappa shape index (κ3) is 4.11. The fourth-order valence-electron chi connectivity index (χ4n) is 1.29. The maximum atomic E-state index is 12.8. The number of benzene rings is 1. The van der Waals surface area contributed by atoms with E-state index in [1.54, 1.807) is 12.1 Å². The van der Waals surface area contributed by atoms with Crippen LogP contribution in [0.15, 0.2) is 24.3 Å². The average molecular weight is 213 g/mol. The zero-order valence-electron chi connectivity index (χ0n) is 8.37. The molecule has 0 aliphatic carbocycles. The number of hydrogen-bond donors (Lipinski definition) is 1. The zero-order valence-corrected chi connectivity index (χ0v) is 9.19. The fraction of sp³-hybridized carbons (Fsp3) is 0.455. The molecule has 0 saturated carbocycles. The molecule has 0 fully saturated rings. The van der Waals surface area contributed by atoms with Crippen molar-refractivity contribution in [3.05, 3.63) is 35.6 Å². The summed E-state index contributed by atoms with van der Waals surface area (Å²) in [5.74, 6) is 1.84. The summed E-state index contributed by atoms with van der Waals surface area (Å²) in [6, 6.07) is 6.78.